The number of nitrogens with one attached hydrogen (secondary N) is 2. The molecular weight excluding hydrogens is 398 g/mol. The molecule has 0 atom stereocenters. The van der Waals surface area contributed by atoms with Gasteiger partial charge in [-0.2, -0.15) is 0 Å². The zero-order chi connectivity index (χ0) is 22.5. The first-order chi connectivity index (χ1) is 14.1. The van der Waals surface area contributed by atoms with Gasteiger partial charge in [0.25, 0.3) is 0 Å². The van der Waals surface area contributed by atoms with Crippen molar-refractivity contribution in [2.45, 2.75) is 41.5 Å². The van der Waals surface area contributed by atoms with Crippen molar-refractivity contribution in [1.82, 2.24) is 0 Å². The van der Waals surface area contributed by atoms with E-state index in [0.29, 0.717) is 29.1 Å². The second kappa shape index (κ2) is 10.2. The quantitative estimate of drug-likeness (QED) is 0.547. The Balaban J connectivity index is 2.13. The predicted molar refractivity (Wildman–Crippen MR) is 128 cm³/mol. The van der Waals surface area contributed by atoms with Gasteiger partial charge in [-0.05, 0) is 0 Å². The Morgan fingerprint density at radius 2 is 1.20 bits per heavy atom. The monoisotopic (exact) mass is 432 g/mol. The minimum absolute atomic E-state index is 0.0234. The molecular formula is C24H34FN2O2P. The van der Waals surface area contributed by atoms with E-state index in [4.69, 9.17) is 0 Å². The van der Waals surface area contributed by atoms with Crippen LogP contribution in [0.2, 0.25) is 0 Å². The molecule has 0 aliphatic heterocycles. The van der Waals surface area contributed by atoms with Gasteiger partial charge < -0.3 is 0 Å². The number of benzene rings is 2. The summed E-state index contributed by atoms with van der Waals surface area (Å²) < 4.78 is 13.6. The van der Waals surface area contributed by atoms with Gasteiger partial charge in [0.2, 0.25) is 0 Å². The fraction of sp³-hybridized carbons (Fsp3) is 0.417. The van der Waals surface area contributed by atoms with Crippen molar-refractivity contribution in [2.24, 2.45) is 0 Å². The molecule has 0 saturated heterocycles. The molecule has 2 rings (SSSR count). The molecule has 0 aliphatic carbocycles. The summed E-state index contributed by atoms with van der Waals surface area (Å²) >= 11 is 0. The van der Waals surface area contributed by atoms with Gasteiger partial charge in [-0.15, -0.1) is 0 Å². The van der Waals surface area contributed by atoms with Gasteiger partial charge >= 0.3 is 180 Å². The van der Waals surface area contributed by atoms with Gasteiger partial charge in [-0.3, -0.25) is 0 Å². The number of aryl methyl sites for hydroxylation is 4. The summed E-state index contributed by atoms with van der Waals surface area (Å²) in [5.41, 5.74) is 4.99. The number of hydrogen-bond acceptors (Lipinski definition) is 2. The molecule has 4 nitrogen and oxygen atoms in total. The van der Waals surface area contributed by atoms with Crippen LogP contribution in [0.4, 0.5) is 15.8 Å². The molecule has 2 N–H and O–H groups in total. The van der Waals surface area contributed by atoms with Crippen LogP contribution in [0.25, 0.3) is 0 Å². The summed E-state index contributed by atoms with van der Waals surface area (Å²) in [4.78, 5) is 25.8. The molecule has 0 radical (unpaired) electrons. The van der Waals surface area contributed by atoms with Crippen molar-refractivity contribution in [1.29, 1.82) is 0 Å². The molecule has 6 heteroatoms. The summed E-state index contributed by atoms with van der Waals surface area (Å²) in [7, 11) is -2.16. The third-order valence-corrected chi connectivity index (χ3v) is 11.2. The first kappa shape index (κ1) is 24.0. The van der Waals surface area contributed by atoms with Crippen molar-refractivity contribution in [3.05, 3.63) is 58.4 Å². The molecule has 0 heterocycles. The van der Waals surface area contributed by atoms with E-state index in [0.717, 1.165) is 29.1 Å². The van der Waals surface area contributed by atoms with Gasteiger partial charge in [-0.1, -0.05) is 0 Å². The molecule has 0 aliphatic rings. The summed E-state index contributed by atoms with van der Waals surface area (Å²) in [6.07, 6.45) is 2.47. The molecule has 0 fully saturated rings. The molecule has 0 spiro atoms. The number of hydrogen-bond donors (Lipinski definition) is 2. The van der Waals surface area contributed by atoms with Crippen LogP contribution in [0, 0.1) is 33.5 Å². The van der Waals surface area contributed by atoms with E-state index in [1.165, 1.54) is 12.1 Å². The van der Waals surface area contributed by atoms with Crippen molar-refractivity contribution < 1.29 is 14.0 Å². The minimum atomic E-state index is -2.16. The number of carbonyl (C=O) groups excluding carboxylic acids is 2. The standard InChI is InChI=1S/C24H34FN2O2P/c1-7-30(8-2,14-21(28)26-23-16(3)10-9-11-17(23)4)15-22(29)27-24-18(5)12-20(25)13-19(24)6/h9-13,30H,7-8,14-15H2,1-6H3,(H,26,28)(H,27,29). The van der Waals surface area contributed by atoms with E-state index in [2.05, 4.69) is 24.5 Å². The Morgan fingerprint density at radius 3 is 1.60 bits per heavy atom. The normalized spacial score (nSPS) is 11.8. The van der Waals surface area contributed by atoms with Crippen LogP contribution in [0.5, 0.6) is 0 Å². The van der Waals surface area contributed by atoms with E-state index in [9.17, 15) is 14.0 Å². The van der Waals surface area contributed by atoms with E-state index in [1.54, 1.807) is 13.8 Å². The van der Waals surface area contributed by atoms with Crippen molar-refractivity contribution in [3.63, 3.8) is 0 Å². The van der Waals surface area contributed by atoms with Crippen LogP contribution in [0.1, 0.15) is 36.1 Å². The molecule has 0 aromatic heterocycles. The van der Waals surface area contributed by atoms with Crippen molar-refractivity contribution in [2.75, 3.05) is 35.3 Å². The average molecular weight is 433 g/mol. The summed E-state index contributed by atoms with van der Waals surface area (Å²) in [6.45, 7) is 11.7. The van der Waals surface area contributed by atoms with E-state index < -0.39 is 7.26 Å². The van der Waals surface area contributed by atoms with Crippen LogP contribution in [0.15, 0.2) is 30.3 Å². The number of para-hydroxylation sites is 1. The van der Waals surface area contributed by atoms with Crippen LogP contribution in [-0.4, -0.2) is 36.5 Å². The predicted octanol–water partition coefficient (Wildman–Crippen LogP) is 5.43. The van der Waals surface area contributed by atoms with Gasteiger partial charge in [0.1, 0.15) is 0 Å². The zero-order valence-corrected chi connectivity index (χ0v) is 19.9. The molecule has 2 amide bonds. The van der Waals surface area contributed by atoms with Crippen molar-refractivity contribution in [3.8, 4) is 0 Å². The van der Waals surface area contributed by atoms with Crippen LogP contribution in [-0.2, 0) is 9.59 Å². The van der Waals surface area contributed by atoms with Crippen molar-refractivity contribution >= 4 is 30.5 Å². The number of halogens is 1. The average Bonchev–Trinajstić information content (AvgIpc) is 2.67. The molecule has 2 aromatic carbocycles. The van der Waals surface area contributed by atoms with Crippen LogP contribution >= 0.6 is 7.26 Å². The first-order valence-corrected chi connectivity index (χ1v) is 13.4. The third-order valence-electron chi connectivity index (χ3n) is 6.08. The second-order valence-corrected chi connectivity index (χ2v) is 13.5. The summed E-state index contributed by atoms with van der Waals surface area (Å²) in [5.74, 6) is -0.426. The van der Waals surface area contributed by atoms with Gasteiger partial charge in [0.05, 0.1) is 0 Å². The third kappa shape index (κ3) is 5.89. The zero-order valence-electron chi connectivity index (χ0n) is 18.9. The Kier molecular flexibility index (Phi) is 8.14. The van der Waals surface area contributed by atoms with E-state index in [1.807, 2.05) is 32.0 Å². The Bertz CT molecular complexity index is 896. The number of carbonyl (C=O) groups is 2. The Morgan fingerprint density at radius 1 is 0.800 bits per heavy atom. The molecule has 0 unspecified atom stereocenters. The van der Waals surface area contributed by atoms with Gasteiger partial charge in [-0.25, -0.2) is 0 Å². The summed E-state index contributed by atoms with van der Waals surface area (Å²) in [6, 6.07) is 8.78. The molecule has 0 bridgehead atoms. The fourth-order valence-electron chi connectivity index (χ4n) is 3.98. The summed E-state index contributed by atoms with van der Waals surface area (Å²) in [5, 5.41) is 6.04. The number of anilines is 2. The molecule has 2 aromatic rings. The SMILES string of the molecule is CC[PH](CC)(CC(=O)Nc1c(C)cccc1C)CC(=O)Nc1c(C)cc(F)cc1C. The number of rotatable bonds is 8. The molecule has 30 heavy (non-hydrogen) atoms. The van der Waals surface area contributed by atoms with Crippen LogP contribution < -0.4 is 10.6 Å². The molecule has 164 valence electrons. The van der Waals surface area contributed by atoms with E-state index >= 15 is 0 Å². The number of amides is 2. The molecule has 0 saturated carbocycles. The van der Waals surface area contributed by atoms with Crippen LogP contribution in [0.3, 0.4) is 0 Å². The van der Waals surface area contributed by atoms with Gasteiger partial charge in [0, 0.05) is 0 Å². The first-order valence-electron chi connectivity index (χ1n) is 10.5. The second-order valence-electron chi connectivity index (χ2n) is 8.34. The van der Waals surface area contributed by atoms with E-state index in [-0.39, 0.29) is 17.6 Å². The Labute approximate surface area is 180 Å². The maximum atomic E-state index is 13.6. The van der Waals surface area contributed by atoms with Gasteiger partial charge in [0.15, 0.2) is 0 Å². The maximum absolute atomic E-state index is 13.6. The Hall–Kier alpha value is -2.26. The topological polar surface area (TPSA) is 58.2 Å². The fourth-order valence-corrected chi connectivity index (χ4v) is 7.14.